The highest BCUT2D eigenvalue weighted by atomic mass is 32.2. The Balaban J connectivity index is 2.04. The van der Waals surface area contributed by atoms with E-state index in [9.17, 15) is 0 Å². The summed E-state index contributed by atoms with van der Waals surface area (Å²) in [5, 5.41) is 4.30. The first-order chi connectivity index (χ1) is 7.81. The Kier molecular flexibility index (Phi) is 4.16. The summed E-state index contributed by atoms with van der Waals surface area (Å²) in [7, 11) is 0. The first kappa shape index (κ1) is 11.8. The van der Waals surface area contributed by atoms with Crippen LogP contribution in [0.3, 0.4) is 0 Å². The molecule has 1 aromatic heterocycles. The number of rotatable bonds is 3. The molecule has 1 fully saturated rings. The van der Waals surface area contributed by atoms with Crippen LogP contribution in [0.1, 0.15) is 29.4 Å². The molecule has 0 amide bonds. The minimum atomic E-state index is -0.340. The van der Waals surface area contributed by atoms with E-state index in [0.29, 0.717) is 17.6 Å². The van der Waals surface area contributed by atoms with Gasteiger partial charge in [0, 0.05) is 23.7 Å². The lowest BCUT2D eigenvalue weighted by molar-refractivity contribution is 0.352. The maximum absolute atomic E-state index is 5.80. The van der Waals surface area contributed by atoms with Gasteiger partial charge in [-0.05, 0) is 0 Å². The largest absolute Gasteiger partial charge is 0.338 e. The molecule has 6 heteroatoms. The van der Waals surface area contributed by atoms with Crippen molar-refractivity contribution in [2.45, 2.75) is 17.7 Å². The standard InChI is InChI=1S/C10H13N3OS2/c1-2-3-7(11)10-12-9(13-14-10)8-6-15-4-5-16-8/h1,7-8H,3-6,11H2. The quantitative estimate of drug-likeness (QED) is 0.828. The molecule has 0 spiro atoms. The average molecular weight is 255 g/mol. The monoisotopic (exact) mass is 255 g/mol. The van der Waals surface area contributed by atoms with Crippen LogP contribution in [0.5, 0.6) is 0 Å². The normalized spacial score (nSPS) is 22.6. The fourth-order valence-electron chi connectivity index (χ4n) is 1.38. The molecule has 2 unspecified atom stereocenters. The van der Waals surface area contributed by atoms with Crippen molar-refractivity contribution in [2.75, 3.05) is 17.3 Å². The van der Waals surface area contributed by atoms with Crippen LogP contribution in [0.2, 0.25) is 0 Å². The summed E-state index contributed by atoms with van der Waals surface area (Å²) < 4.78 is 5.13. The molecule has 86 valence electrons. The van der Waals surface area contributed by atoms with Crippen LogP contribution in [-0.4, -0.2) is 27.4 Å². The van der Waals surface area contributed by atoms with Gasteiger partial charge in [0.1, 0.15) is 0 Å². The summed E-state index contributed by atoms with van der Waals surface area (Å²) >= 11 is 3.79. The van der Waals surface area contributed by atoms with Gasteiger partial charge in [0.05, 0.1) is 11.3 Å². The number of nitrogens with zero attached hydrogens (tertiary/aromatic N) is 2. The molecule has 0 radical (unpaired) electrons. The molecule has 2 N–H and O–H groups in total. The van der Waals surface area contributed by atoms with Crippen molar-refractivity contribution in [3.63, 3.8) is 0 Å². The molecule has 1 aromatic rings. The summed E-state index contributed by atoms with van der Waals surface area (Å²) in [5.74, 6) is 7.06. The van der Waals surface area contributed by atoms with Gasteiger partial charge in [-0.3, -0.25) is 0 Å². The Labute approximate surface area is 103 Å². The second-order valence-electron chi connectivity index (χ2n) is 3.44. The maximum atomic E-state index is 5.80. The minimum Gasteiger partial charge on any atom is -0.338 e. The third-order valence-corrected chi connectivity index (χ3v) is 4.97. The Hall–Kier alpha value is -0.640. The van der Waals surface area contributed by atoms with E-state index in [1.807, 2.05) is 23.5 Å². The fourth-order valence-corrected chi connectivity index (χ4v) is 3.97. The number of hydrogen-bond donors (Lipinski definition) is 1. The maximum Gasteiger partial charge on any atom is 0.244 e. The Morgan fingerprint density at radius 2 is 2.50 bits per heavy atom. The highest BCUT2D eigenvalue weighted by molar-refractivity contribution is 8.06. The fraction of sp³-hybridized carbons (Fsp3) is 0.600. The summed E-state index contributed by atoms with van der Waals surface area (Å²) in [6, 6.07) is -0.340. The number of terminal acetylenes is 1. The van der Waals surface area contributed by atoms with E-state index in [1.165, 1.54) is 5.75 Å². The van der Waals surface area contributed by atoms with Gasteiger partial charge in [0.25, 0.3) is 0 Å². The van der Waals surface area contributed by atoms with Crippen LogP contribution >= 0.6 is 23.5 Å². The van der Waals surface area contributed by atoms with Gasteiger partial charge in [0.2, 0.25) is 5.89 Å². The zero-order valence-corrected chi connectivity index (χ0v) is 10.4. The van der Waals surface area contributed by atoms with Crippen molar-refractivity contribution >= 4 is 23.5 Å². The smallest absolute Gasteiger partial charge is 0.244 e. The van der Waals surface area contributed by atoms with E-state index >= 15 is 0 Å². The van der Waals surface area contributed by atoms with Crippen molar-refractivity contribution in [3.05, 3.63) is 11.7 Å². The summed E-state index contributed by atoms with van der Waals surface area (Å²) in [4.78, 5) is 4.32. The predicted octanol–water partition coefficient (Wildman–Crippen LogP) is 1.61. The zero-order valence-electron chi connectivity index (χ0n) is 8.76. The van der Waals surface area contributed by atoms with E-state index in [4.69, 9.17) is 16.7 Å². The Bertz CT molecular complexity index is 382. The average Bonchev–Trinajstić information content (AvgIpc) is 2.80. The van der Waals surface area contributed by atoms with Crippen molar-refractivity contribution in [1.29, 1.82) is 0 Å². The van der Waals surface area contributed by atoms with Crippen molar-refractivity contribution in [2.24, 2.45) is 5.73 Å². The van der Waals surface area contributed by atoms with Gasteiger partial charge < -0.3 is 10.3 Å². The SMILES string of the molecule is C#CCC(N)c1nc(C2CSCCS2)no1. The molecule has 0 aromatic carbocycles. The highest BCUT2D eigenvalue weighted by Crippen LogP contribution is 2.35. The third kappa shape index (κ3) is 2.73. The van der Waals surface area contributed by atoms with Gasteiger partial charge in [-0.25, -0.2) is 0 Å². The van der Waals surface area contributed by atoms with Crippen LogP contribution in [-0.2, 0) is 0 Å². The first-order valence-corrected chi connectivity index (χ1v) is 7.23. The van der Waals surface area contributed by atoms with Gasteiger partial charge in [-0.15, -0.1) is 24.1 Å². The molecule has 2 atom stereocenters. The van der Waals surface area contributed by atoms with Gasteiger partial charge in [0.15, 0.2) is 5.82 Å². The molecule has 1 aliphatic heterocycles. The number of nitrogens with two attached hydrogens (primary N) is 1. The lowest BCUT2D eigenvalue weighted by Crippen LogP contribution is -2.11. The van der Waals surface area contributed by atoms with Gasteiger partial charge in [-0.1, -0.05) is 5.16 Å². The number of hydrogen-bond acceptors (Lipinski definition) is 6. The molecule has 1 aliphatic rings. The lowest BCUT2D eigenvalue weighted by atomic mass is 10.2. The Morgan fingerprint density at radius 1 is 1.62 bits per heavy atom. The highest BCUT2D eigenvalue weighted by Gasteiger charge is 2.23. The molecule has 2 rings (SSSR count). The van der Waals surface area contributed by atoms with Crippen LogP contribution in [0, 0.1) is 12.3 Å². The molecular weight excluding hydrogens is 242 g/mol. The van der Waals surface area contributed by atoms with Crippen molar-refractivity contribution in [3.8, 4) is 12.3 Å². The zero-order chi connectivity index (χ0) is 11.4. The lowest BCUT2D eigenvalue weighted by Gasteiger charge is -2.17. The van der Waals surface area contributed by atoms with Crippen LogP contribution in [0.25, 0.3) is 0 Å². The molecule has 0 bridgehead atoms. The summed E-state index contributed by atoms with van der Waals surface area (Å²) in [6.45, 7) is 0. The molecule has 2 heterocycles. The van der Waals surface area contributed by atoms with Gasteiger partial charge in [-0.2, -0.15) is 16.7 Å². The van der Waals surface area contributed by atoms with E-state index < -0.39 is 0 Å². The second-order valence-corrected chi connectivity index (χ2v) is 5.90. The van der Waals surface area contributed by atoms with Crippen molar-refractivity contribution in [1.82, 2.24) is 10.1 Å². The van der Waals surface area contributed by atoms with E-state index in [-0.39, 0.29) is 6.04 Å². The predicted molar refractivity (Wildman–Crippen MR) is 67.2 cm³/mol. The molecule has 16 heavy (non-hydrogen) atoms. The van der Waals surface area contributed by atoms with Gasteiger partial charge >= 0.3 is 0 Å². The molecule has 0 aliphatic carbocycles. The number of thioether (sulfide) groups is 2. The second kappa shape index (κ2) is 5.62. The molecular formula is C10H13N3OS2. The molecule has 0 saturated carbocycles. The first-order valence-electron chi connectivity index (χ1n) is 5.03. The van der Waals surface area contributed by atoms with Crippen LogP contribution in [0.4, 0.5) is 0 Å². The summed E-state index contributed by atoms with van der Waals surface area (Å²) in [5.41, 5.74) is 5.80. The summed E-state index contributed by atoms with van der Waals surface area (Å²) in [6.07, 6.45) is 5.61. The topological polar surface area (TPSA) is 64.9 Å². The van der Waals surface area contributed by atoms with E-state index in [2.05, 4.69) is 16.1 Å². The van der Waals surface area contributed by atoms with Crippen LogP contribution < -0.4 is 5.73 Å². The number of aromatic nitrogens is 2. The third-order valence-electron chi connectivity index (χ3n) is 2.22. The van der Waals surface area contributed by atoms with E-state index in [1.54, 1.807) is 0 Å². The molecule has 1 saturated heterocycles. The Morgan fingerprint density at radius 3 is 3.19 bits per heavy atom. The molecule has 4 nitrogen and oxygen atoms in total. The van der Waals surface area contributed by atoms with E-state index in [0.717, 1.165) is 17.3 Å². The minimum absolute atomic E-state index is 0.328. The van der Waals surface area contributed by atoms with Crippen molar-refractivity contribution < 1.29 is 4.52 Å². The van der Waals surface area contributed by atoms with Crippen LogP contribution in [0.15, 0.2) is 4.52 Å².